The van der Waals surface area contributed by atoms with Crippen LogP contribution in [-0.2, 0) is 0 Å². The maximum Gasteiger partial charge on any atom is 0.166 e. The molecule has 0 saturated carbocycles. The maximum atomic E-state index is 13.2. The monoisotopic (exact) mass is 288 g/mol. The van der Waals surface area contributed by atoms with Crippen molar-refractivity contribution in [3.63, 3.8) is 0 Å². The van der Waals surface area contributed by atoms with E-state index in [0.717, 1.165) is 0 Å². The lowest BCUT2D eigenvalue weighted by molar-refractivity contribution is 0.0964. The molecule has 1 aromatic rings. The SMILES string of the molecule is COc1cc(F)c(Br)cc1C(=O)CC(C)C. The van der Waals surface area contributed by atoms with Gasteiger partial charge in [-0.3, -0.25) is 4.79 Å². The summed E-state index contributed by atoms with van der Waals surface area (Å²) in [6.45, 7) is 3.92. The van der Waals surface area contributed by atoms with Crippen molar-refractivity contribution in [2.45, 2.75) is 20.3 Å². The van der Waals surface area contributed by atoms with Crippen LogP contribution < -0.4 is 4.74 Å². The summed E-state index contributed by atoms with van der Waals surface area (Å²) in [5, 5.41) is 0. The molecule has 88 valence electrons. The number of benzene rings is 1. The zero-order valence-corrected chi connectivity index (χ0v) is 11.1. The fourth-order valence-electron chi connectivity index (χ4n) is 1.40. The number of ether oxygens (including phenoxy) is 1. The van der Waals surface area contributed by atoms with E-state index in [1.54, 1.807) is 0 Å². The molecule has 0 unspecified atom stereocenters. The molecule has 0 aliphatic heterocycles. The molecule has 0 N–H and O–H groups in total. The molecule has 2 nitrogen and oxygen atoms in total. The van der Waals surface area contributed by atoms with E-state index in [4.69, 9.17) is 4.74 Å². The number of halogens is 2. The Balaban J connectivity index is 3.11. The number of carbonyl (C=O) groups is 1. The van der Waals surface area contributed by atoms with Gasteiger partial charge in [-0.25, -0.2) is 4.39 Å². The minimum atomic E-state index is -0.432. The van der Waals surface area contributed by atoms with Gasteiger partial charge in [0.25, 0.3) is 0 Å². The van der Waals surface area contributed by atoms with Crippen LogP contribution in [0.1, 0.15) is 30.6 Å². The average Bonchev–Trinajstić information content (AvgIpc) is 2.20. The van der Waals surface area contributed by atoms with E-state index in [2.05, 4.69) is 15.9 Å². The highest BCUT2D eigenvalue weighted by Crippen LogP contribution is 2.27. The van der Waals surface area contributed by atoms with E-state index in [9.17, 15) is 9.18 Å². The fourth-order valence-corrected chi connectivity index (χ4v) is 1.74. The van der Waals surface area contributed by atoms with E-state index < -0.39 is 5.82 Å². The summed E-state index contributed by atoms with van der Waals surface area (Å²) in [6, 6.07) is 2.69. The molecule has 0 aromatic heterocycles. The number of rotatable bonds is 4. The molecule has 0 spiro atoms. The van der Waals surface area contributed by atoms with Crippen molar-refractivity contribution in [1.82, 2.24) is 0 Å². The molecule has 0 amide bonds. The molecule has 0 fully saturated rings. The van der Waals surface area contributed by atoms with Crippen molar-refractivity contribution in [3.05, 3.63) is 28.0 Å². The van der Waals surface area contributed by atoms with E-state index >= 15 is 0 Å². The third kappa shape index (κ3) is 3.04. The summed E-state index contributed by atoms with van der Waals surface area (Å²) in [7, 11) is 1.43. The van der Waals surface area contributed by atoms with Crippen LogP contribution in [0.5, 0.6) is 5.75 Å². The second-order valence-electron chi connectivity index (χ2n) is 3.99. The highest BCUT2D eigenvalue weighted by atomic mass is 79.9. The first-order valence-electron chi connectivity index (χ1n) is 5.02. The minimum absolute atomic E-state index is 0.0347. The number of hydrogen-bond donors (Lipinski definition) is 0. The van der Waals surface area contributed by atoms with Crippen LogP contribution in [-0.4, -0.2) is 12.9 Å². The van der Waals surface area contributed by atoms with Crippen molar-refractivity contribution in [2.24, 2.45) is 5.92 Å². The Morgan fingerprint density at radius 1 is 1.50 bits per heavy atom. The van der Waals surface area contributed by atoms with E-state index in [1.807, 2.05) is 13.8 Å². The first-order chi connectivity index (χ1) is 7.45. The van der Waals surface area contributed by atoms with Gasteiger partial charge in [0.05, 0.1) is 17.1 Å². The molecule has 16 heavy (non-hydrogen) atoms. The number of methoxy groups -OCH3 is 1. The summed E-state index contributed by atoms with van der Waals surface area (Å²) in [6.07, 6.45) is 0.425. The fraction of sp³-hybridized carbons (Fsp3) is 0.417. The third-order valence-electron chi connectivity index (χ3n) is 2.14. The zero-order valence-electron chi connectivity index (χ0n) is 9.51. The summed E-state index contributed by atoms with van der Waals surface area (Å²) in [5.41, 5.74) is 0.421. The smallest absolute Gasteiger partial charge is 0.166 e. The maximum absolute atomic E-state index is 13.2. The van der Waals surface area contributed by atoms with Crippen LogP contribution in [0.3, 0.4) is 0 Å². The molecule has 1 rings (SSSR count). The van der Waals surface area contributed by atoms with Gasteiger partial charge in [-0.05, 0) is 27.9 Å². The Labute approximate surface area is 103 Å². The first kappa shape index (κ1) is 13.2. The van der Waals surface area contributed by atoms with E-state index in [-0.39, 0.29) is 21.9 Å². The summed E-state index contributed by atoms with van der Waals surface area (Å²) >= 11 is 3.06. The highest BCUT2D eigenvalue weighted by molar-refractivity contribution is 9.10. The zero-order chi connectivity index (χ0) is 12.3. The second kappa shape index (κ2) is 5.43. The van der Waals surface area contributed by atoms with Gasteiger partial charge in [-0.1, -0.05) is 13.8 Å². The molecule has 0 bridgehead atoms. The van der Waals surface area contributed by atoms with E-state index in [1.165, 1.54) is 19.2 Å². The molecule has 0 radical (unpaired) electrons. The lowest BCUT2D eigenvalue weighted by atomic mass is 10.0. The quantitative estimate of drug-likeness (QED) is 0.787. The van der Waals surface area contributed by atoms with Crippen LogP contribution in [0.15, 0.2) is 16.6 Å². The van der Waals surface area contributed by atoms with Crippen molar-refractivity contribution in [3.8, 4) is 5.75 Å². The van der Waals surface area contributed by atoms with Gasteiger partial charge in [-0.15, -0.1) is 0 Å². The summed E-state index contributed by atoms with van der Waals surface area (Å²) in [5.74, 6) is 0.0814. The van der Waals surface area contributed by atoms with Gasteiger partial charge in [0, 0.05) is 12.5 Å². The number of ketones is 1. The molecule has 4 heteroatoms. The normalized spacial score (nSPS) is 10.6. The molecule has 0 saturated heterocycles. The van der Waals surface area contributed by atoms with Gasteiger partial charge in [0.1, 0.15) is 11.6 Å². The molecule has 0 heterocycles. The Kier molecular flexibility index (Phi) is 4.47. The van der Waals surface area contributed by atoms with Gasteiger partial charge < -0.3 is 4.74 Å². The Bertz CT molecular complexity index is 402. The first-order valence-corrected chi connectivity index (χ1v) is 5.81. The van der Waals surface area contributed by atoms with Crippen molar-refractivity contribution < 1.29 is 13.9 Å². The Morgan fingerprint density at radius 3 is 2.62 bits per heavy atom. The van der Waals surface area contributed by atoms with Crippen molar-refractivity contribution in [2.75, 3.05) is 7.11 Å². The topological polar surface area (TPSA) is 26.3 Å². The van der Waals surface area contributed by atoms with Crippen LogP contribution in [0.4, 0.5) is 4.39 Å². The van der Waals surface area contributed by atoms with Crippen molar-refractivity contribution in [1.29, 1.82) is 0 Å². The number of Topliss-reactive ketones (excluding diaryl/α,β-unsaturated/α-hetero) is 1. The average molecular weight is 289 g/mol. The van der Waals surface area contributed by atoms with Gasteiger partial charge in [0.2, 0.25) is 0 Å². The highest BCUT2D eigenvalue weighted by Gasteiger charge is 2.16. The van der Waals surface area contributed by atoms with Gasteiger partial charge in [0.15, 0.2) is 5.78 Å². The lowest BCUT2D eigenvalue weighted by Gasteiger charge is -2.10. The largest absolute Gasteiger partial charge is 0.496 e. The molecular formula is C12H14BrFO2. The molecule has 0 aliphatic rings. The standard InChI is InChI=1S/C12H14BrFO2/c1-7(2)4-11(15)8-5-9(13)10(14)6-12(8)16-3/h5-7H,4H2,1-3H3. The summed E-state index contributed by atoms with van der Waals surface area (Å²) in [4.78, 5) is 11.9. The molecule has 0 aliphatic carbocycles. The number of hydrogen-bond acceptors (Lipinski definition) is 2. The lowest BCUT2D eigenvalue weighted by Crippen LogP contribution is -2.06. The molecule has 1 aromatic carbocycles. The molecular weight excluding hydrogens is 275 g/mol. The van der Waals surface area contributed by atoms with Crippen LogP contribution >= 0.6 is 15.9 Å². The third-order valence-corrected chi connectivity index (χ3v) is 2.74. The Hall–Kier alpha value is -0.900. The van der Waals surface area contributed by atoms with Gasteiger partial charge in [-0.2, -0.15) is 0 Å². The minimum Gasteiger partial charge on any atom is -0.496 e. The van der Waals surface area contributed by atoms with Crippen LogP contribution in [0.25, 0.3) is 0 Å². The van der Waals surface area contributed by atoms with Crippen LogP contribution in [0.2, 0.25) is 0 Å². The second-order valence-corrected chi connectivity index (χ2v) is 4.84. The molecule has 0 atom stereocenters. The van der Waals surface area contributed by atoms with Crippen molar-refractivity contribution >= 4 is 21.7 Å². The predicted molar refractivity (Wildman–Crippen MR) is 64.4 cm³/mol. The predicted octanol–water partition coefficient (Wildman–Crippen LogP) is 3.83. The van der Waals surface area contributed by atoms with Crippen LogP contribution in [0, 0.1) is 11.7 Å². The van der Waals surface area contributed by atoms with E-state index in [0.29, 0.717) is 12.0 Å². The number of carbonyl (C=O) groups excluding carboxylic acids is 1. The van der Waals surface area contributed by atoms with Gasteiger partial charge >= 0.3 is 0 Å². The Morgan fingerprint density at radius 2 is 2.12 bits per heavy atom. The summed E-state index contributed by atoms with van der Waals surface area (Å²) < 4.78 is 18.5.